The first kappa shape index (κ1) is 17.7. The highest BCUT2D eigenvalue weighted by Crippen LogP contribution is 2.34. The number of halogens is 1. The Morgan fingerprint density at radius 1 is 1.18 bits per heavy atom. The molecule has 1 aliphatic rings. The van der Waals surface area contributed by atoms with E-state index in [0.29, 0.717) is 30.1 Å². The maximum atomic E-state index is 12.5. The van der Waals surface area contributed by atoms with Crippen molar-refractivity contribution in [3.8, 4) is 5.88 Å². The van der Waals surface area contributed by atoms with E-state index < -0.39 is 5.91 Å². The molecule has 5 rings (SSSR count). The summed E-state index contributed by atoms with van der Waals surface area (Å²) >= 11 is 11.4. The number of aromatic nitrogens is 2. The average Bonchev–Trinajstić information content (AvgIpc) is 3.30. The summed E-state index contributed by atoms with van der Waals surface area (Å²) in [5.41, 5.74) is 4.24. The number of thiazole rings is 2. The van der Waals surface area contributed by atoms with Crippen LogP contribution in [-0.2, 0) is 4.79 Å². The first-order valence-electron chi connectivity index (χ1n) is 8.02. The van der Waals surface area contributed by atoms with Gasteiger partial charge in [-0.1, -0.05) is 50.7 Å². The number of nitrogens with zero attached hydrogens (tertiary/aromatic N) is 3. The van der Waals surface area contributed by atoms with Crippen molar-refractivity contribution in [2.75, 3.05) is 5.43 Å². The summed E-state index contributed by atoms with van der Waals surface area (Å²) in [6, 6.07) is 13.1. The molecule has 28 heavy (non-hydrogen) atoms. The van der Waals surface area contributed by atoms with Crippen LogP contribution in [0.2, 0.25) is 0 Å². The van der Waals surface area contributed by atoms with Crippen molar-refractivity contribution in [3.63, 3.8) is 0 Å². The number of fused-ring (bicyclic) bond motifs is 2. The molecular weight excluding hydrogens is 480 g/mol. The Hall–Kier alpha value is -2.40. The second kappa shape index (κ2) is 6.59. The zero-order chi connectivity index (χ0) is 19.4. The molecule has 3 heterocycles. The highest BCUT2D eigenvalue weighted by atomic mass is 79.9. The van der Waals surface area contributed by atoms with E-state index in [1.165, 1.54) is 16.0 Å². The first-order chi connectivity index (χ1) is 13.5. The number of aromatic hydroxyl groups is 1. The van der Waals surface area contributed by atoms with Crippen molar-refractivity contribution >= 4 is 77.6 Å². The van der Waals surface area contributed by atoms with Crippen LogP contribution in [0.4, 0.5) is 5.13 Å². The summed E-state index contributed by atoms with van der Waals surface area (Å²) in [4.78, 5) is 21.4. The molecule has 2 N–H and O–H groups in total. The van der Waals surface area contributed by atoms with Gasteiger partial charge in [0.1, 0.15) is 4.88 Å². The molecule has 0 radical (unpaired) electrons. The topological polar surface area (TPSA) is 79.5 Å². The monoisotopic (exact) mass is 488 g/mol. The molecule has 0 atom stereocenters. The average molecular weight is 489 g/mol. The van der Waals surface area contributed by atoms with Crippen LogP contribution in [0.25, 0.3) is 15.8 Å². The molecule has 0 saturated carbocycles. The highest BCUT2D eigenvalue weighted by Gasteiger charge is 2.25. The van der Waals surface area contributed by atoms with Crippen LogP contribution in [0, 0.1) is 3.95 Å². The van der Waals surface area contributed by atoms with Crippen molar-refractivity contribution < 1.29 is 9.90 Å². The van der Waals surface area contributed by atoms with Gasteiger partial charge in [-0.05, 0) is 42.5 Å². The molecule has 10 heteroatoms. The lowest BCUT2D eigenvalue weighted by Crippen LogP contribution is -2.22. The van der Waals surface area contributed by atoms with E-state index in [9.17, 15) is 9.90 Å². The fourth-order valence-corrected chi connectivity index (χ4v) is 5.43. The van der Waals surface area contributed by atoms with Gasteiger partial charge in [0.05, 0.1) is 21.1 Å². The van der Waals surface area contributed by atoms with Crippen LogP contribution < -0.4 is 16.0 Å². The van der Waals surface area contributed by atoms with E-state index in [4.69, 9.17) is 12.2 Å². The van der Waals surface area contributed by atoms with Gasteiger partial charge >= 0.3 is 0 Å². The maximum Gasteiger partial charge on any atom is 0.279 e. The fourth-order valence-electron chi connectivity index (χ4n) is 2.95. The minimum atomic E-state index is -0.396. The molecule has 0 fully saturated rings. The Kier molecular flexibility index (Phi) is 4.16. The van der Waals surface area contributed by atoms with Crippen molar-refractivity contribution in [2.24, 2.45) is 4.99 Å². The van der Waals surface area contributed by atoms with Gasteiger partial charge in [-0.3, -0.25) is 10.2 Å². The van der Waals surface area contributed by atoms with Gasteiger partial charge in [0, 0.05) is 9.69 Å². The van der Waals surface area contributed by atoms with E-state index in [0.717, 1.165) is 26.0 Å². The molecule has 0 spiro atoms. The van der Waals surface area contributed by atoms with E-state index in [1.807, 2.05) is 36.4 Å². The Morgan fingerprint density at radius 3 is 2.82 bits per heavy atom. The molecule has 6 nitrogen and oxygen atoms in total. The van der Waals surface area contributed by atoms with Crippen LogP contribution in [-0.4, -0.2) is 20.7 Å². The summed E-state index contributed by atoms with van der Waals surface area (Å²) in [5, 5.41) is 12.6. The van der Waals surface area contributed by atoms with Crippen LogP contribution >= 0.6 is 50.8 Å². The molecule has 1 amide bonds. The highest BCUT2D eigenvalue weighted by molar-refractivity contribution is 9.10. The van der Waals surface area contributed by atoms with Crippen LogP contribution in [0.3, 0.4) is 0 Å². The molecule has 4 aromatic rings. The van der Waals surface area contributed by atoms with Gasteiger partial charge in [0.15, 0.2) is 3.95 Å². The first-order valence-corrected chi connectivity index (χ1v) is 10.9. The number of amides is 1. The number of anilines is 1. The molecule has 0 bridgehead atoms. The molecule has 138 valence electrons. The quantitative estimate of drug-likeness (QED) is 0.430. The predicted molar refractivity (Wildman–Crippen MR) is 116 cm³/mol. The third-order valence-corrected chi connectivity index (χ3v) is 6.99. The zero-order valence-corrected chi connectivity index (χ0v) is 17.9. The second-order valence-corrected chi connectivity index (χ2v) is 9.50. The van der Waals surface area contributed by atoms with Gasteiger partial charge in [-0.25, -0.2) is 9.98 Å². The number of carbonyl (C=O) groups excluding carboxylic acids is 1. The minimum Gasteiger partial charge on any atom is -0.492 e. The number of benzene rings is 2. The third kappa shape index (κ3) is 2.80. The van der Waals surface area contributed by atoms with E-state index in [2.05, 4.69) is 31.3 Å². The van der Waals surface area contributed by atoms with Crippen molar-refractivity contribution in [1.82, 2.24) is 9.66 Å². The van der Waals surface area contributed by atoms with Gasteiger partial charge in [0.2, 0.25) is 11.0 Å². The van der Waals surface area contributed by atoms with Gasteiger partial charge in [-0.15, -0.1) is 0 Å². The second-order valence-electron chi connectivity index (χ2n) is 5.91. The van der Waals surface area contributed by atoms with Crippen molar-refractivity contribution in [1.29, 1.82) is 0 Å². The number of carbonyl (C=O) groups is 1. The summed E-state index contributed by atoms with van der Waals surface area (Å²) in [6.45, 7) is 0. The van der Waals surface area contributed by atoms with Gasteiger partial charge in [0.25, 0.3) is 5.91 Å². The fraction of sp³-hybridized carbons (Fsp3) is 0. The molecule has 0 unspecified atom stereocenters. The summed E-state index contributed by atoms with van der Waals surface area (Å²) in [7, 11) is 0. The molecule has 2 aromatic carbocycles. The SMILES string of the molecule is O=C1N=c2ccc(Br)cc2=C1c1sc(=S)n(Nc2nc3ccccc3s2)c1O. The normalized spacial score (nSPS) is 13.0. The minimum absolute atomic E-state index is 0.138. The van der Waals surface area contributed by atoms with Crippen LogP contribution in [0.5, 0.6) is 5.88 Å². The lowest BCUT2D eigenvalue weighted by molar-refractivity contribution is -0.112. The Morgan fingerprint density at radius 2 is 2.00 bits per heavy atom. The molecule has 1 aliphatic heterocycles. The Bertz CT molecular complexity index is 1440. The predicted octanol–water partition coefficient (Wildman–Crippen LogP) is 3.59. The lowest BCUT2D eigenvalue weighted by atomic mass is 10.1. The van der Waals surface area contributed by atoms with E-state index in [-0.39, 0.29) is 5.88 Å². The largest absolute Gasteiger partial charge is 0.492 e. The van der Waals surface area contributed by atoms with E-state index >= 15 is 0 Å². The lowest BCUT2D eigenvalue weighted by Gasteiger charge is -2.05. The number of hydrogen-bond acceptors (Lipinski definition) is 7. The summed E-state index contributed by atoms with van der Waals surface area (Å²) < 4.78 is 3.58. The summed E-state index contributed by atoms with van der Waals surface area (Å²) in [5.74, 6) is -0.535. The Labute approximate surface area is 179 Å². The molecular formula is C18H9BrN4O2S3. The summed E-state index contributed by atoms with van der Waals surface area (Å²) in [6.07, 6.45) is 0. The van der Waals surface area contributed by atoms with Gasteiger partial charge < -0.3 is 5.11 Å². The Balaban J connectivity index is 1.64. The van der Waals surface area contributed by atoms with Crippen molar-refractivity contribution in [2.45, 2.75) is 0 Å². The maximum absolute atomic E-state index is 12.5. The van der Waals surface area contributed by atoms with Crippen LogP contribution in [0.1, 0.15) is 4.88 Å². The number of hydrogen-bond donors (Lipinski definition) is 2. The third-order valence-electron chi connectivity index (χ3n) is 4.18. The molecule has 0 aliphatic carbocycles. The molecule has 0 saturated heterocycles. The van der Waals surface area contributed by atoms with Crippen LogP contribution in [0.15, 0.2) is 51.9 Å². The standard InChI is InChI=1S/C18H9BrN4O2S3/c19-8-5-6-10-9(7-8)13(15(24)20-10)14-16(25)23(18(26)28-14)22-17-21-11-3-1-2-4-12(11)27-17/h1-7,25H,(H,21,22). The number of rotatable bonds is 3. The van der Waals surface area contributed by atoms with Gasteiger partial charge in [-0.2, -0.15) is 4.68 Å². The zero-order valence-electron chi connectivity index (χ0n) is 13.8. The molecule has 2 aromatic heterocycles. The van der Waals surface area contributed by atoms with E-state index in [1.54, 1.807) is 6.07 Å². The van der Waals surface area contributed by atoms with Crippen molar-refractivity contribution in [3.05, 3.63) is 66.3 Å². The number of nitrogens with one attached hydrogen (secondary N) is 1. The number of para-hydroxylation sites is 1. The smallest absolute Gasteiger partial charge is 0.279 e.